The average molecular weight is 251 g/mol. The number of anilines is 2. The number of benzene rings is 1. The van der Waals surface area contributed by atoms with E-state index in [0.29, 0.717) is 17.9 Å². The lowest BCUT2D eigenvalue weighted by Gasteiger charge is -2.23. The van der Waals surface area contributed by atoms with Crippen LogP contribution in [0.1, 0.15) is 17.3 Å². The van der Waals surface area contributed by atoms with Gasteiger partial charge in [-0.1, -0.05) is 6.92 Å². The zero-order valence-corrected chi connectivity index (χ0v) is 10.4. The lowest BCUT2D eigenvalue weighted by atomic mass is 10.1. The molecule has 1 aromatic carbocycles. The number of nitrogen functional groups attached to an aromatic ring is 1. The minimum atomic E-state index is -1.06. The fraction of sp³-hybridized carbons (Fsp3) is 0.333. The largest absolute Gasteiger partial charge is 0.478 e. The summed E-state index contributed by atoms with van der Waals surface area (Å²) in [5.74, 6) is -1.85. The molecule has 0 aromatic heterocycles. The second-order valence-electron chi connectivity index (χ2n) is 4.27. The van der Waals surface area contributed by atoms with Gasteiger partial charge in [-0.2, -0.15) is 0 Å². The normalized spacial score (nSPS) is 11.9. The topological polar surface area (TPSA) is 110 Å². The van der Waals surface area contributed by atoms with Crippen LogP contribution in [-0.4, -0.2) is 30.6 Å². The fourth-order valence-electron chi connectivity index (χ4n) is 1.66. The molecule has 0 saturated heterocycles. The lowest BCUT2D eigenvalue weighted by molar-refractivity contribution is -0.121. The summed E-state index contributed by atoms with van der Waals surface area (Å²) < 4.78 is 0. The quantitative estimate of drug-likeness (QED) is 0.661. The molecule has 0 aliphatic heterocycles. The number of nitrogens with zero attached hydrogens (tertiary/aromatic N) is 1. The number of hydrogen-bond donors (Lipinski definition) is 3. The number of rotatable bonds is 5. The maximum Gasteiger partial charge on any atom is 0.337 e. The molecule has 1 atom stereocenters. The summed E-state index contributed by atoms with van der Waals surface area (Å²) in [7, 11) is 1.71. The Morgan fingerprint density at radius 2 is 2.06 bits per heavy atom. The van der Waals surface area contributed by atoms with Crippen molar-refractivity contribution in [3.05, 3.63) is 23.8 Å². The van der Waals surface area contributed by atoms with Gasteiger partial charge in [0, 0.05) is 19.3 Å². The molecule has 0 aliphatic rings. The van der Waals surface area contributed by atoms with Crippen molar-refractivity contribution in [2.24, 2.45) is 11.7 Å². The van der Waals surface area contributed by atoms with Gasteiger partial charge in [0.2, 0.25) is 5.91 Å². The highest BCUT2D eigenvalue weighted by Crippen LogP contribution is 2.23. The number of carbonyl (C=O) groups is 2. The Balaban J connectivity index is 3.01. The SMILES string of the molecule is CC(CN(C)c1ccc(N)cc1C(=O)O)C(N)=O. The van der Waals surface area contributed by atoms with Crippen LogP contribution < -0.4 is 16.4 Å². The maximum absolute atomic E-state index is 11.1. The van der Waals surface area contributed by atoms with Gasteiger partial charge in [-0.15, -0.1) is 0 Å². The fourth-order valence-corrected chi connectivity index (χ4v) is 1.66. The minimum absolute atomic E-state index is 0.106. The number of primary amides is 1. The van der Waals surface area contributed by atoms with Crippen molar-refractivity contribution in [2.45, 2.75) is 6.92 Å². The molecule has 6 nitrogen and oxygen atoms in total. The van der Waals surface area contributed by atoms with Crippen LogP contribution in [0.5, 0.6) is 0 Å². The third-order valence-corrected chi connectivity index (χ3v) is 2.70. The predicted molar refractivity (Wildman–Crippen MR) is 69.4 cm³/mol. The number of amides is 1. The Kier molecular flexibility index (Phi) is 4.14. The first-order valence-corrected chi connectivity index (χ1v) is 5.46. The number of carboxylic acid groups (broad SMARTS) is 1. The highest BCUT2D eigenvalue weighted by Gasteiger charge is 2.17. The van der Waals surface area contributed by atoms with Gasteiger partial charge in [0.05, 0.1) is 17.2 Å². The molecule has 1 rings (SSSR count). The van der Waals surface area contributed by atoms with Crippen LogP contribution in [0.3, 0.4) is 0 Å². The van der Waals surface area contributed by atoms with E-state index in [2.05, 4.69) is 0 Å². The summed E-state index contributed by atoms with van der Waals surface area (Å²) in [5, 5.41) is 9.11. The lowest BCUT2D eigenvalue weighted by Crippen LogP contribution is -2.33. The molecule has 1 aromatic rings. The highest BCUT2D eigenvalue weighted by molar-refractivity contribution is 5.95. The molecule has 0 saturated carbocycles. The van der Waals surface area contributed by atoms with Crippen molar-refractivity contribution in [3.63, 3.8) is 0 Å². The predicted octanol–water partition coefficient (Wildman–Crippen LogP) is 0.525. The first kappa shape index (κ1) is 13.8. The first-order chi connectivity index (χ1) is 8.32. The van der Waals surface area contributed by atoms with Crippen molar-refractivity contribution in [3.8, 4) is 0 Å². The van der Waals surface area contributed by atoms with Crippen LogP contribution in [0.2, 0.25) is 0 Å². The Bertz CT molecular complexity index is 474. The summed E-state index contributed by atoms with van der Waals surface area (Å²) >= 11 is 0. The average Bonchev–Trinajstić information content (AvgIpc) is 2.28. The molecule has 1 unspecified atom stereocenters. The van der Waals surface area contributed by atoms with Gasteiger partial charge in [-0.25, -0.2) is 4.79 Å². The van der Waals surface area contributed by atoms with Crippen LogP contribution in [0.15, 0.2) is 18.2 Å². The van der Waals surface area contributed by atoms with Gasteiger partial charge in [0.1, 0.15) is 0 Å². The summed E-state index contributed by atoms with van der Waals surface area (Å²) in [6, 6.07) is 4.63. The Labute approximate surface area is 105 Å². The van der Waals surface area contributed by atoms with E-state index in [1.807, 2.05) is 0 Å². The molecule has 5 N–H and O–H groups in total. The van der Waals surface area contributed by atoms with E-state index in [0.717, 1.165) is 0 Å². The van der Waals surface area contributed by atoms with Crippen LogP contribution in [0, 0.1) is 5.92 Å². The van der Waals surface area contributed by atoms with E-state index in [1.54, 1.807) is 31.0 Å². The second-order valence-corrected chi connectivity index (χ2v) is 4.27. The van der Waals surface area contributed by atoms with Gasteiger partial charge < -0.3 is 21.5 Å². The molecule has 0 aliphatic carbocycles. The zero-order valence-electron chi connectivity index (χ0n) is 10.4. The van der Waals surface area contributed by atoms with Gasteiger partial charge in [0.15, 0.2) is 0 Å². The summed E-state index contributed by atoms with van der Waals surface area (Å²) in [6.07, 6.45) is 0. The summed E-state index contributed by atoms with van der Waals surface area (Å²) in [4.78, 5) is 23.8. The molecule has 6 heteroatoms. The Hall–Kier alpha value is -2.24. The molecular formula is C12H17N3O3. The number of hydrogen-bond acceptors (Lipinski definition) is 4. The summed E-state index contributed by atoms with van der Waals surface area (Å²) in [6.45, 7) is 2.04. The number of carboxylic acids is 1. The Morgan fingerprint density at radius 3 is 2.56 bits per heavy atom. The van der Waals surface area contributed by atoms with E-state index >= 15 is 0 Å². The third-order valence-electron chi connectivity index (χ3n) is 2.70. The van der Waals surface area contributed by atoms with Crippen LogP contribution in [0.4, 0.5) is 11.4 Å². The molecule has 1 amide bonds. The van der Waals surface area contributed by atoms with Gasteiger partial charge in [-0.05, 0) is 18.2 Å². The maximum atomic E-state index is 11.1. The molecule has 0 radical (unpaired) electrons. The van der Waals surface area contributed by atoms with E-state index in [1.165, 1.54) is 6.07 Å². The number of carbonyl (C=O) groups excluding carboxylic acids is 1. The van der Waals surface area contributed by atoms with Crippen molar-refractivity contribution in [1.29, 1.82) is 0 Å². The number of nitrogens with two attached hydrogens (primary N) is 2. The third kappa shape index (κ3) is 3.13. The van der Waals surface area contributed by atoms with Crippen molar-refractivity contribution >= 4 is 23.3 Å². The molecule has 0 heterocycles. The summed E-state index contributed by atoms with van der Waals surface area (Å²) in [5.41, 5.74) is 11.7. The van der Waals surface area contributed by atoms with Crippen LogP contribution in [-0.2, 0) is 4.79 Å². The molecular weight excluding hydrogens is 234 g/mol. The molecule has 98 valence electrons. The monoisotopic (exact) mass is 251 g/mol. The van der Waals surface area contributed by atoms with E-state index in [9.17, 15) is 9.59 Å². The van der Waals surface area contributed by atoms with E-state index in [-0.39, 0.29) is 11.5 Å². The molecule has 0 spiro atoms. The highest BCUT2D eigenvalue weighted by atomic mass is 16.4. The van der Waals surface area contributed by atoms with Crippen molar-refractivity contribution in [1.82, 2.24) is 0 Å². The minimum Gasteiger partial charge on any atom is -0.478 e. The molecule has 0 bridgehead atoms. The smallest absolute Gasteiger partial charge is 0.337 e. The van der Waals surface area contributed by atoms with E-state index in [4.69, 9.17) is 16.6 Å². The standard InChI is InChI=1S/C12H17N3O3/c1-7(11(14)16)6-15(2)10-4-3-8(13)5-9(10)12(17)18/h3-5,7H,6,13H2,1-2H3,(H2,14,16)(H,17,18). The van der Waals surface area contributed by atoms with E-state index < -0.39 is 11.9 Å². The van der Waals surface area contributed by atoms with Crippen molar-refractivity contribution in [2.75, 3.05) is 24.2 Å². The molecule has 18 heavy (non-hydrogen) atoms. The van der Waals surface area contributed by atoms with Crippen molar-refractivity contribution < 1.29 is 14.7 Å². The van der Waals surface area contributed by atoms with Gasteiger partial charge in [-0.3, -0.25) is 4.79 Å². The molecule has 0 fully saturated rings. The number of aromatic carboxylic acids is 1. The second kappa shape index (κ2) is 5.39. The van der Waals surface area contributed by atoms with Crippen LogP contribution in [0.25, 0.3) is 0 Å². The zero-order chi connectivity index (χ0) is 13.9. The Morgan fingerprint density at radius 1 is 1.44 bits per heavy atom. The van der Waals surface area contributed by atoms with Gasteiger partial charge >= 0.3 is 5.97 Å². The van der Waals surface area contributed by atoms with Crippen LogP contribution >= 0.6 is 0 Å². The first-order valence-electron chi connectivity index (χ1n) is 5.46. The van der Waals surface area contributed by atoms with Gasteiger partial charge in [0.25, 0.3) is 0 Å².